The molecule has 0 aromatic rings. The first-order valence-electron chi connectivity index (χ1n) is 7.49. The lowest BCUT2D eigenvalue weighted by Crippen LogP contribution is -2.51. The predicted molar refractivity (Wildman–Crippen MR) is 73.2 cm³/mol. The third-order valence-corrected chi connectivity index (χ3v) is 3.80. The fourth-order valence-electron chi connectivity index (χ4n) is 2.79. The van der Waals surface area contributed by atoms with Crippen molar-refractivity contribution in [2.24, 2.45) is 0 Å². The predicted octanol–water partition coefficient (Wildman–Crippen LogP) is 0.309. The van der Waals surface area contributed by atoms with E-state index in [0.717, 1.165) is 19.4 Å². The number of amides is 1. The first-order valence-corrected chi connectivity index (χ1v) is 7.49. The van der Waals surface area contributed by atoms with Gasteiger partial charge in [0.05, 0.1) is 19.8 Å². The lowest BCUT2D eigenvalue weighted by atomic mass is 10.0. The Hall–Kier alpha value is -1.14. The number of piperidine rings is 1. The molecule has 2 aliphatic heterocycles. The summed E-state index contributed by atoms with van der Waals surface area (Å²) < 4.78 is 10.4. The van der Waals surface area contributed by atoms with Crippen LogP contribution < -0.4 is 5.32 Å². The van der Waals surface area contributed by atoms with Gasteiger partial charge < -0.3 is 19.7 Å². The van der Waals surface area contributed by atoms with Crippen molar-refractivity contribution in [2.75, 3.05) is 32.9 Å². The van der Waals surface area contributed by atoms with Crippen LogP contribution in [0.25, 0.3) is 0 Å². The van der Waals surface area contributed by atoms with Gasteiger partial charge in [-0.05, 0) is 26.2 Å². The highest BCUT2D eigenvalue weighted by atomic mass is 16.5. The van der Waals surface area contributed by atoms with Crippen molar-refractivity contribution in [3.8, 4) is 0 Å². The second-order valence-corrected chi connectivity index (χ2v) is 5.28. The van der Waals surface area contributed by atoms with Gasteiger partial charge in [0, 0.05) is 25.6 Å². The molecule has 114 valence electrons. The molecule has 2 aliphatic rings. The van der Waals surface area contributed by atoms with Crippen molar-refractivity contribution in [3.05, 3.63) is 0 Å². The number of morpholine rings is 1. The number of rotatable bonds is 4. The van der Waals surface area contributed by atoms with Crippen LogP contribution in [0, 0.1) is 0 Å². The summed E-state index contributed by atoms with van der Waals surface area (Å²) in [6, 6.07) is -0.346. The molecular weight excluding hydrogens is 260 g/mol. The van der Waals surface area contributed by atoms with Crippen molar-refractivity contribution in [1.82, 2.24) is 10.2 Å². The summed E-state index contributed by atoms with van der Waals surface area (Å²) in [5, 5.41) is 3.27. The van der Waals surface area contributed by atoms with E-state index in [1.165, 1.54) is 0 Å². The highest BCUT2D eigenvalue weighted by Gasteiger charge is 2.34. The van der Waals surface area contributed by atoms with Gasteiger partial charge in [-0.25, -0.2) is 4.79 Å². The molecule has 2 heterocycles. The van der Waals surface area contributed by atoms with Crippen LogP contribution in [0.4, 0.5) is 0 Å². The van der Waals surface area contributed by atoms with E-state index < -0.39 is 6.04 Å². The summed E-state index contributed by atoms with van der Waals surface area (Å²) in [6.07, 6.45) is 3.02. The van der Waals surface area contributed by atoms with Gasteiger partial charge in [-0.3, -0.25) is 4.79 Å². The Balaban J connectivity index is 1.92. The Morgan fingerprint density at radius 2 is 2.25 bits per heavy atom. The van der Waals surface area contributed by atoms with Gasteiger partial charge in [0.1, 0.15) is 6.04 Å². The third kappa shape index (κ3) is 3.93. The fourth-order valence-corrected chi connectivity index (χ4v) is 2.79. The highest BCUT2D eigenvalue weighted by molar-refractivity contribution is 5.85. The average Bonchev–Trinajstić information content (AvgIpc) is 2.48. The van der Waals surface area contributed by atoms with E-state index in [4.69, 9.17) is 9.47 Å². The van der Waals surface area contributed by atoms with Gasteiger partial charge >= 0.3 is 5.97 Å². The summed E-state index contributed by atoms with van der Waals surface area (Å²) in [7, 11) is 0. The van der Waals surface area contributed by atoms with Gasteiger partial charge in [0.2, 0.25) is 5.91 Å². The molecule has 0 spiro atoms. The summed E-state index contributed by atoms with van der Waals surface area (Å²) in [5.41, 5.74) is 0. The van der Waals surface area contributed by atoms with Crippen LogP contribution >= 0.6 is 0 Å². The second kappa shape index (κ2) is 7.59. The molecule has 1 N–H and O–H groups in total. The third-order valence-electron chi connectivity index (χ3n) is 3.80. The Morgan fingerprint density at radius 3 is 2.95 bits per heavy atom. The monoisotopic (exact) mass is 284 g/mol. The van der Waals surface area contributed by atoms with Crippen LogP contribution in [-0.4, -0.2) is 61.8 Å². The molecule has 0 bridgehead atoms. The molecular formula is C14H24N2O4. The first kappa shape index (κ1) is 15.3. The molecule has 0 radical (unpaired) electrons. The minimum atomic E-state index is -0.402. The maximum Gasteiger partial charge on any atom is 0.328 e. The maximum absolute atomic E-state index is 12.4. The van der Waals surface area contributed by atoms with E-state index in [1.807, 2.05) is 0 Å². The molecule has 2 saturated heterocycles. The SMILES string of the molecule is CCOC(=O)C1CCCCN1C(=O)CC1COCCN1. The Kier molecular flexibility index (Phi) is 5.79. The number of hydrogen-bond donors (Lipinski definition) is 1. The van der Waals surface area contributed by atoms with Gasteiger partial charge in [-0.1, -0.05) is 0 Å². The Labute approximate surface area is 119 Å². The smallest absolute Gasteiger partial charge is 0.328 e. The molecule has 2 unspecified atom stereocenters. The number of ether oxygens (including phenoxy) is 2. The molecule has 2 atom stereocenters. The van der Waals surface area contributed by atoms with E-state index in [1.54, 1.807) is 11.8 Å². The van der Waals surface area contributed by atoms with E-state index in [9.17, 15) is 9.59 Å². The summed E-state index contributed by atoms with van der Waals surface area (Å²) in [4.78, 5) is 26.0. The molecule has 20 heavy (non-hydrogen) atoms. The molecule has 1 amide bonds. The molecule has 6 nitrogen and oxygen atoms in total. The Morgan fingerprint density at radius 1 is 1.40 bits per heavy atom. The van der Waals surface area contributed by atoms with Crippen LogP contribution in [0.3, 0.4) is 0 Å². The topological polar surface area (TPSA) is 67.9 Å². The molecule has 2 rings (SSSR count). The fraction of sp³-hybridized carbons (Fsp3) is 0.857. The van der Waals surface area contributed by atoms with Gasteiger partial charge in [-0.15, -0.1) is 0 Å². The average molecular weight is 284 g/mol. The van der Waals surface area contributed by atoms with Crippen molar-refractivity contribution in [2.45, 2.75) is 44.7 Å². The van der Waals surface area contributed by atoms with Crippen LogP contribution in [0.2, 0.25) is 0 Å². The van der Waals surface area contributed by atoms with Crippen LogP contribution in [0.1, 0.15) is 32.6 Å². The summed E-state index contributed by atoms with van der Waals surface area (Å²) in [6.45, 7) is 4.82. The number of nitrogens with one attached hydrogen (secondary N) is 1. The zero-order chi connectivity index (χ0) is 14.4. The lowest BCUT2D eigenvalue weighted by molar-refractivity contribution is -0.157. The normalized spacial score (nSPS) is 27.1. The molecule has 2 fully saturated rings. The standard InChI is InChI=1S/C14H24N2O4/c1-2-20-14(18)12-5-3-4-7-16(12)13(17)9-11-10-19-8-6-15-11/h11-12,15H,2-10H2,1H3. The van der Waals surface area contributed by atoms with Crippen LogP contribution in [0.15, 0.2) is 0 Å². The Bertz CT molecular complexity index is 342. The van der Waals surface area contributed by atoms with Crippen molar-refractivity contribution in [3.63, 3.8) is 0 Å². The molecule has 0 aromatic carbocycles. The molecule has 0 aromatic heterocycles. The van der Waals surface area contributed by atoms with Crippen LogP contribution in [0.5, 0.6) is 0 Å². The van der Waals surface area contributed by atoms with E-state index in [2.05, 4.69) is 5.32 Å². The zero-order valence-electron chi connectivity index (χ0n) is 12.1. The summed E-state index contributed by atoms with van der Waals surface area (Å²) >= 11 is 0. The zero-order valence-corrected chi connectivity index (χ0v) is 12.1. The summed E-state index contributed by atoms with van der Waals surface area (Å²) in [5.74, 6) is -0.251. The number of likely N-dealkylation sites (tertiary alicyclic amines) is 1. The van der Waals surface area contributed by atoms with E-state index in [0.29, 0.717) is 39.2 Å². The van der Waals surface area contributed by atoms with Crippen molar-refractivity contribution < 1.29 is 19.1 Å². The second-order valence-electron chi connectivity index (χ2n) is 5.28. The van der Waals surface area contributed by atoms with E-state index in [-0.39, 0.29) is 17.9 Å². The van der Waals surface area contributed by atoms with E-state index >= 15 is 0 Å². The highest BCUT2D eigenvalue weighted by Crippen LogP contribution is 2.20. The molecule has 6 heteroatoms. The maximum atomic E-state index is 12.4. The molecule has 0 aliphatic carbocycles. The molecule has 0 saturated carbocycles. The number of nitrogens with zero attached hydrogens (tertiary/aromatic N) is 1. The minimum absolute atomic E-state index is 0.0192. The van der Waals surface area contributed by atoms with Crippen molar-refractivity contribution in [1.29, 1.82) is 0 Å². The number of hydrogen-bond acceptors (Lipinski definition) is 5. The van der Waals surface area contributed by atoms with Crippen molar-refractivity contribution >= 4 is 11.9 Å². The van der Waals surface area contributed by atoms with Gasteiger partial charge in [0.25, 0.3) is 0 Å². The largest absolute Gasteiger partial charge is 0.464 e. The van der Waals surface area contributed by atoms with Crippen LogP contribution in [-0.2, 0) is 19.1 Å². The minimum Gasteiger partial charge on any atom is -0.464 e. The quantitative estimate of drug-likeness (QED) is 0.753. The van der Waals surface area contributed by atoms with Gasteiger partial charge in [0.15, 0.2) is 0 Å². The van der Waals surface area contributed by atoms with Gasteiger partial charge in [-0.2, -0.15) is 0 Å². The number of esters is 1. The lowest BCUT2D eigenvalue weighted by Gasteiger charge is -2.35. The first-order chi connectivity index (χ1) is 9.72. The number of carbonyl (C=O) groups is 2. The number of carbonyl (C=O) groups excluding carboxylic acids is 2.